The summed E-state index contributed by atoms with van der Waals surface area (Å²) in [4.78, 5) is 0.288. The second-order valence-corrected chi connectivity index (χ2v) is 6.83. The molecule has 1 fully saturated rings. The number of hydrogen-bond donors (Lipinski definition) is 2. The van der Waals surface area contributed by atoms with E-state index in [1.165, 1.54) is 0 Å². The molecule has 0 spiro atoms. The van der Waals surface area contributed by atoms with Gasteiger partial charge in [0.1, 0.15) is 0 Å². The lowest BCUT2D eigenvalue weighted by Crippen LogP contribution is -2.34. The maximum absolute atomic E-state index is 12.2. The maximum atomic E-state index is 12.2. The molecule has 1 saturated carbocycles. The minimum Gasteiger partial charge on any atom is -0.320 e. The van der Waals surface area contributed by atoms with Crippen molar-refractivity contribution < 1.29 is 8.42 Å². The van der Waals surface area contributed by atoms with E-state index in [9.17, 15) is 8.42 Å². The fourth-order valence-electron chi connectivity index (χ4n) is 1.76. The van der Waals surface area contributed by atoms with E-state index < -0.39 is 10.0 Å². The Morgan fingerprint density at radius 2 is 2.11 bits per heavy atom. The van der Waals surface area contributed by atoms with Gasteiger partial charge in [0.25, 0.3) is 0 Å². The molecule has 1 aliphatic rings. The molecule has 0 saturated heterocycles. The summed E-state index contributed by atoms with van der Waals surface area (Å²) in [6, 6.07) is 4.96. The van der Waals surface area contributed by atoms with E-state index in [2.05, 4.69) is 16.6 Å². The van der Waals surface area contributed by atoms with Crippen LogP contribution in [0, 0.1) is 18.8 Å². The molecule has 0 heterocycles. The number of rotatable bonds is 3. The Labute approximate surface area is 114 Å². The normalized spacial score (nSPS) is 16.6. The van der Waals surface area contributed by atoms with Gasteiger partial charge in [0.15, 0.2) is 0 Å². The van der Waals surface area contributed by atoms with Gasteiger partial charge < -0.3 is 5.73 Å². The van der Waals surface area contributed by atoms with E-state index in [0.29, 0.717) is 6.54 Å². The van der Waals surface area contributed by atoms with E-state index in [1.807, 2.05) is 13.8 Å². The third-order valence-corrected chi connectivity index (χ3v) is 4.85. The average molecular weight is 278 g/mol. The second kappa shape index (κ2) is 4.97. The van der Waals surface area contributed by atoms with Gasteiger partial charge in [0.2, 0.25) is 10.0 Å². The van der Waals surface area contributed by atoms with Crippen molar-refractivity contribution in [1.82, 2.24) is 4.72 Å². The van der Waals surface area contributed by atoms with Crippen molar-refractivity contribution in [3.63, 3.8) is 0 Å². The van der Waals surface area contributed by atoms with Crippen LogP contribution in [0.25, 0.3) is 0 Å². The average Bonchev–Trinajstić information content (AvgIpc) is 3.04. The highest BCUT2D eigenvalue weighted by atomic mass is 32.2. The van der Waals surface area contributed by atoms with Crippen molar-refractivity contribution in [3.8, 4) is 11.8 Å². The van der Waals surface area contributed by atoms with Crippen LogP contribution in [0.1, 0.15) is 30.9 Å². The molecule has 0 aromatic heterocycles. The minimum atomic E-state index is -3.44. The van der Waals surface area contributed by atoms with E-state index >= 15 is 0 Å². The molecule has 19 heavy (non-hydrogen) atoms. The molecular weight excluding hydrogens is 260 g/mol. The van der Waals surface area contributed by atoms with Crippen molar-refractivity contribution >= 4 is 10.0 Å². The number of nitrogens with two attached hydrogens (primary N) is 1. The summed E-state index contributed by atoms with van der Waals surface area (Å²) in [6.07, 6.45) is 1.79. The zero-order chi connectivity index (χ0) is 14.1. The third-order valence-electron chi connectivity index (χ3n) is 3.21. The van der Waals surface area contributed by atoms with Gasteiger partial charge >= 0.3 is 0 Å². The first-order valence-corrected chi connectivity index (χ1v) is 7.68. The Morgan fingerprint density at radius 3 is 2.63 bits per heavy atom. The fraction of sp³-hybridized carbons (Fsp3) is 0.429. The predicted octanol–water partition coefficient (Wildman–Crippen LogP) is 1.14. The van der Waals surface area contributed by atoms with Crippen LogP contribution in [0.15, 0.2) is 23.1 Å². The second-order valence-electron chi connectivity index (χ2n) is 5.15. The van der Waals surface area contributed by atoms with Gasteiger partial charge in [-0.2, -0.15) is 0 Å². The number of sulfonamides is 1. The molecular formula is C14H18N2O2S. The maximum Gasteiger partial charge on any atom is 0.241 e. The van der Waals surface area contributed by atoms with Crippen LogP contribution in [-0.2, 0) is 10.0 Å². The topological polar surface area (TPSA) is 72.2 Å². The van der Waals surface area contributed by atoms with Crippen LogP contribution in [0.3, 0.4) is 0 Å². The first-order valence-electron chi connectivity index (χ1n) is 6.20. The van der Waals surface area contributed by atoms with Gasteiger partial charge in [-0.3, -0.25) is 0 Å². The Hall–Kier alpha value is -1.35. The lowest BCUT2D eigenvalue weighted by atomic mass is 10.1. The smallest absolute Gasteiger partial charge is 0.241 e. The SMILES string of the molecule is Cc1cc(S(=O)(=O)NC2(C)CC2)ccc1C#CCN. The van der Waals surface area contributed by atoms with Crippen LogP contribution in [-0.4, -0.2) is 20.5 Å². The highest BCUT2D eigenvalue weighted by Crippen LogP contribution is 2.36. The highest BCUT2D eigenvalue weighted by Gasteiger charge is 2.41. The fourth-order valence-corrected chi connectivity index (χ4v) is 3.31. The quantitative estimate of drug-likeness (QED) is 0.814. The zero-order valence-electron chi connectivity index (χ0n) is 11.2. The van der Waals surface area contributed by atoms with Gasteiger partial charge in [-0.15, -0.1) is 0 Å². The van der Waals surface area contributed by atoms with Crippen LogP contribution < -0.4 is 10.5 Å². The molecule has 0 atom stereocenters. The van der Waals surface area contributed by atoms with Gasteiger partial charge in [-0.25, -0.2) is 13.1 Å². The number of aryl methyl sites for hydroxylation is 1. The summed E-state index contributed by atoms with van der Waals surface area (Å²) in [5, 5.41) is 0. The molecule has 102 valence electrons. The van der Waals surface area contributed by atoms with E-state index in [1.54, 1.807) is 18.2 Å². The van der Waals surface area contributed by atoms with Crippen molar-refractivity contribution in [1.29, 1.82) is 0 Å². The standard InChI is InChI=1S/C14H18N2O2S/c1-11-10-13(6-5-12(11)4-3-9-15)19(17,18)16-14(2)7-8-14/h5-6,10,16H,7-9,15H2,1-2H3. The Bertz CT molecular complexity index is 650. The molecule has 0 bridgehead atoms. The summed E-state index contributed by atoms with van der Waals surface area (Å²) in [6.45, 7) is 4.05. The van der Waals surface area contributed by atoms with Crippen molar-refractivity contribution in [3.05, 3.63) is 29.3 Å². The molecule has 0 unspecified atom stereocenters. The van der Waals surface area contributed by atoms with E-state index in [0.717, 1.165) is 24.0 Å². The highest BCUT2D eigenvalue weighted by molar-refractivity contribution is 7.89. The Balaban J connectivity index is 2.28. The summed E-state index contributed by atoms with van der Waals surface area (Å²) in [5.41, 5.74) is 6.71. The minimum absolute atomic E-state index is 0.259. The number of hydrogen-bond acceptors (Lipinski definition) is 3. The molecule has 5 heteroatoms. The lowest BCUT2D eigenvalue weighted by Gasteiger charge is -2.12. The molecule has 4 nitrogen and oxygen atoms in total. The molecule has 1 aromatic rings. The summed E-state index contributed by atoms with van der Waals surface area (Å²) >= 11 is 0. The van der Waals surface area contributed by atoms with Gasteiger partial charge in [0, 0.05) is 11.1 Å². The van der Waals surface area contributed by atoms with E-state index in [4.69, 9.17) is 5.73 Å². The van der Waals surface area contributed by atoms with Crippen molar-refractivity contribution in [2.24, 2.45) is 5.73 Å². The monoisotopic (exact) mass is 278 g/mol. The molecule has 0 amide bonds. The van der Waals surface area contributed by atoms with Crippen LogP contribution >= 0.6 is 0 Å². The van der Waals surface area contributed by atoms with Crippen molar-refractivity contribution in [2.45, 2.75) is 37.1 Å². The number of benzene rings is 1. The van der Waals surface area contributed by atoms with Crippen LogP contribution in [0.2, 0.25) is 0 Å². The molecule has 3 N–H and O–H groups in total. The molecule has 1 aliphatic carbocycles. The lowest BCUT2D eigenvalue weighted by molar-refractivity contribution is 0.558. The van der Waals surface area contributed by atoms with E-state index in [-0.39, 0.29) is 10.4 Å². The Kier molecular flexibility index (Phi) is 3.68. The predicted molar refractivity (Wildman–Crippen MR) is 75.1 cm³/mol. The van der Waals surface area contributed by atoms with Gasteiger partial charge in [-0.1, -0.05) is 11.8 Å². The van der Waals surface area contributed by atoms with Crippen LogP contribution in [0.5, 0.6) is 0 Å². The Morgan fingerprint density at radius 1 is 1.42 bits per heavy atom. The summed E-state index contributed by atoms with van der Waals surface area (Å²) in [5.74, 6) is 5.69. The summed E-state index contributed by atoms with van der Waals surface area (Å²) in [7, 11) is -3.44. The molecule has 2 rings (SSSR count). The summed E-state index contributed by atoms with van der Waals surface area (Å²) < 4.78 is 27.1. The third kappa shape index (κ3) is 3.35. The molecule has 1 aromatic carbocycles. The number of nitrogens with one attached hydrogen (secondary N) is 1. The van der Waals surface area contributed by atoms with Gasteiger partial charge in [-0.05, 0) is 50.5 Å². The zero-order valence-corrected chi connectivity index (χ0v) is 12.0. The van der Waals surface area contributed by atoms with Gasteiger partial charge in [0.05, 0.1) is 11.4 Å². The first kappa shape index (κ1) is 14.1. The molecule has 0 aliphatic heterocycles. The molecule has 0 radical (unpaired) electrons. The first-order chi connectivity index (χ1) is 8.86. The van der Waals surface area contributed by atoms with Crippen molar-refractivity contribution in [2.75, 3.05) is 6.54 Å². The largest absolute Gasteiger partial charge is 0.320 e. The van der Waals surface area contributed by atoms with Crippen LogP contribution in [0.4, 0.5) is 0 Å².